The van der Waals surface area contributed by atoms with E-state index in [-0.39, 0.29) is 0 Å². The molecule has 0 bridgehead atoms. The number of hydrogen-bond donors (Lipinski definition) is 1. The fourth-order valence-electron chi connectivity index (χ4n) is 1.69. The average Bonchev–Trinajstić information content (AvgIpc) is 2.70. The van der Waals surface area contributed by atoms with Gasteiger partial charge < -0.3 is 14.6 Å². The van der Waals surface area contributed by atoms with Gasteiger partial charge in [0.15, 0.2) is 6.10 Å². The van der Waals surface area contributed by atoms with E-state index >= 15 is 0 Å². The lowest BCUT2D eigenvalue weighted by Gasteiger charge is -2.20. The molecule has 0 spiro atoms. The maximum atomic E-state index is 11.1. The molecule has 1 heterocycles. The number of rotatable bonds is 3. The summed E-state index contributed by atoms with van der Waals surface area (Å²) in [6.45, 7) is 0. The molecule has 1 aromatic carbocycles. The molecule has 1 N–H and O–H groups in total. The van der Waals surface area contributed by atoms with Crippen molar-refractivity contribution in [1.29, 1.82) is 0 Å². The molecule has 0 aliphatic carbocycles. The number of halogens is 1. The Hall–Kier alpha value is -1.52. The van der Waals surface area contributed by atoms with Gasteiger partial charge in [-0.1, -0.05) is 29.8 Å². The predicted octanol–water partition coefficient (Wildman–Crippen LogP) is 1.83. The van der Waals surface area contributed by atoms with Crippen molar-refractivity contribution in [2.45, 2.75) is 12.2 Å². The van der Waals surface area contributed by atoms with Gasteiger partial charge in [0, 0.05) is 10.6 Å². The first-order valence-electron chi connectivity index (χ1n) is 5.02. The third-order valence-electron chi connectivity index (χ3n) is 2.53. The largest absolute Gasteiger partial charge is 0.497 e. The molecule has 0 radical (unpaired) electrons. The van der Waals surface area contributed by atoms with Crippen LogP contribution in [0.15, 0.2) is 36.1 Å². The molecule has 0 aromatic heterocycles. The minimum Gasteiger partial charge on any atom is -0.497 e. The zero-order valence-electron chi connectivity index (χ0n) is 9.09. The molecule has 1 aliphatic rings. The van der Waals surface area contributed by atoms with Crippen molar-refractivity contribution in [1.82, 2.24) is 0 Å². The molecule has 1 aliphatic heterocycles. The Kier molecular flexibility index (Phi) is 3.36. The molecule has 0 saturated carbocycles. The van der Waals surface area contributed by atoms with E-state index in [1.54, 1.807) is 24.3 Å². The van der Waals surface area contributed by atoms with Gasteiger partial charge in [-0.05, 0) is 6.07 Å². The SMILES string of the molecule is COC1=CC(=O)O[C@H]1[C@H](O)c1ccccc1Cl. The second kappa shape index (κ2) is 4.77. The van der Waals surface area contributed by atoms with Gasteiger partial charge in [0.2, 0.25) is 0 Å². The number of cyclic esters (lactones) is 1. The van der Waals surface area contributed by atoms with Crippen LogP contribution >= 0.6 is 11.6 Å². The maximum Gasteiger partial charge on any atom is 0.335 e. The van der Waals surface area contributed by atoms with Crippen molar-refractivity contribution in [3.8, 4) is 0 Å². The topological polar surface area (TPSA) is 55.8 Å². The number of esters is 1. The Balaban J connectivity index is 2.27. The molecule has 2 atom stereocenters. The summed E-state index contributed by atoms with van der Waals surface area (Å²) in [5.74, 6) is -0.236. The smallest absolute Gasteiger partial charge is 0.335 e. The summed E-state index contributed by atoms with van der Waals surface area (Å²) >= 11 is 5.96. The molecule has 0 amide bonds. The van der Waals surface area contributed by atoms with E-state index in [2.05, 4.69) is 0 Å². The first-order valence-corrected chi connectivity index (χ1v) is 5.40. The number of carbonyl (C=O) groups is 1. The number of hydrogen-bond acceptors (Lipinski definition) is 4. The molecule has 0 saturated heterocycles. The fraction of sp³-hybridized carbons (Fsp3) is 0.250. The molecule has 2 rings (SSSR count). The van der Waals surface area contributed by atoms with E-state index in [1.165, 1.54) is 13.2 Å². The summed E-state index contributed by atoms with van der Waals surface area (Å²) in [5, 5.41) is 10.6. The lowest BCUT2D eigenvalue weighted by molar-refractivity contribution is -0.144. The Labute approximate surface area is 103 Å². The summed E-state index contributed by atoms with van der Waals surface area (Å²) in [6.07, 6.45) is -0.668. The molecule has 17 heavy (non-hydrogen) atoms. The van der Waals surface area contributed by atoms with Crippen molar-refractivity contribution >= 4 is 17.6 Å². The molecule has 90 valence electrons. The number of aliphatic hydroxyl groups is 1. The standard InChI is InChI=1S/C12H11ClO4/c1-16-9-6-10(14)17-12(9)11(15)7-4-2-3-5-8(7)13/h2-6,11-12,15H,1H3/t11-,12-/m1/s1. The summed E-state index contributed by atoms with van der Waals surface area (Å²) < 4.78 is 9.96. The van der Waals surface area contributed by atoms with Crippen molar-refractivity contribution in [2.75, 3.05) is 7.11 Å². The number of ether oxygens (including phenoxy) is 2. The molecule has 0 fully saturated rings. The Morgan fingerprint density at radius 3 is 2.82 bits per heavy atom. The van der Waals surface area contributed by atoms with Gasteiger partial charge in [0.25, 0.3) is 0 Å². The quantitative estimate of drug-likeness (QED) is 0.836. The molecular weight excluding hydrogens is 244 g/mol. The number of aliphatic hydroxyl groups excluding tert-OH is 1. The minimum atomic E-state index is -1.04. The first-order chi connectivity index (χ1) is 8.13. The number of benzene rings is 1. The van der Waals surface area contributed by atoms with Crippen LogP contribution in [0.5, 0.6) is 0 Å². The van der Waals surface area contributed by atoms with Crippen LogP contribution < -0.4 is 0 Å². The molecule has 4 nitrogen and oxygen atoms in total. The number of carbonyl (C=O) groups excluding carboxylic acids is 1. The van der Waals surface area contributed by atoms with Gasteiger partial charge in [-0.25, -0.2) is 4.79 Å². The molecular formula is C12H11ClO4. The van der Waals surface area contributed by atoms with E-state index in [0.29, 0.717) is 16.3 Å². The normalized spacial score (nSPS) is 20.8. The van der Waals surface area contributed by atoms with Crippen molar-refractivity contribution in [2.24, 2.45) is 0 Å². The second-order valence-corrected chi connectivity index (χ2v) is 3.98. The third kappa shape index (κ3) is 2.28. The molecule has 5 heteroatoms. The lowest BCUT2D eigenvalue weighted by atomic mass is 10.0. The molecule has 1 aromatic rings. The van der Waals surface area contributed by atoms with Gasteiger partial charge in [-0.3, -0.25) is 0 Å². The van der Waals surface area contributed by atoms with Crippen LogP contribution in [-0.4, -0.2) is 24.3 Å². The summed E-state index contributed by atoms with van der Waals surface area (Å²) in [6, 6.07) is 6.84. The van der Waals surface area contributed by atoms with Crippen LogP contribution in [0.4, 0.5) is 0 Å². The highest BCUT2D eigenvalue weighted by Gasteiger charge is 2.35. The highest BCUT2D eigenvalue weighted by molar-refractivity contribution is 6.31. The van der Waals surface area contributed by atoms with Crippen LogP contribution in [0.2, 0.25) is 5.02 Å². The monoisotopic (exact) mass is 254 g/mol. The van der Waals surface area contributed by atoms with Gasteiger partial charge >= 0.3 is 5.97 Å². The van der Waals surface area contributed by atoms with Gasteiger partial charge in [-0.2, -0.15) is 0 Å². The highest BCUT2D eigenvalue weighted by atomic mass is 35.5. The van der Waals surface area contributed by atoms with E-state index in [1.807, 2.05) is 0 Å². The highest BCUT2D eigenvalue weighted by Crippen LogP contribution is 2.32. The van der Waals surface area contributed by atoms with Gasteiger partial charge in [0.05, 0.1) is 13.2 Å². The lowest BCUT2D eigenvalue weighted by Crippen LogP contribution is -2.22. The molecule has 0 unspecified atom stereocenters. The maximum absolute atomic E-state index is 11.1. The fourth-order valence-corrected chi connectivity index (χ4v) is 1.94. The van der Waals surface area contributed by atoms with E-state index < -0.39 is 18.2 Å². The van der Waals surface area contributed by atoms with Crippen LogP contribution in [0.25, 0.3) is 0 Å². The number of methoxy groups -OCH3 is 1. The van der Waals surface area contributed by atoms with Crippen LogP contribution in [0, 0.1) is 0 Å². The second-order valence-electron chi connectivity index (χ2n) is 3.57. The van der Waals surface area contributed by atoms with Gasteiger partial charge in [-0.15, -0.1) is 0 Å². The minimum absolute atomic E-state index is 0.294. The van der Waals surface area contributed by atoms with Crippen LogP contribution in [-0.2, 0) is 14.3 Å². The van der Waals surface area contributed by atoms with E-state index in [0.717, 1.165) is 0 Å². The zero-order chi connectivity index (χ0) is 12.4. The Morgan fingerprint density at radius 1 is 1.47 bits per heavy atom. The average molecular weight is 255 g/mol. The Bertz CT molecular complexity index is 469. The predicted molar refractivity (Wildman–Crippen MR) is 61.4 cm³/mol. The van der Waals surface area contributed by atoms with Crippen LogP contribution in [0.3, 0.4) is 0 Å². The summed E-state index contributed by atoms with van der Waals surface area (Å²) in [5.41, 5.74) is 0.497. The Morgan fingerprint density at radius 2 is 2.18 bits per heavy atom. The van der Waals surface area contributed by atoms with Crippen LogP contribution in [0.1, 0.15) is 11.7 Å². The van der Waals surface area contributed by atoms with E-state index in [4.69, 9.17) is 21.1 Å². The van der Waals surface area contributed by atoms with Crippen molar-refractivity contribution in [3.05, 3.63) is 46.7 Å². The first kappa shape index (κ1) is 12.0. The summed E-state index contributed by atoms with van der Waals surface area (Å²) in [7, 11) is 1.42. The van der Waals surface area contributed by atoms with Crippen molar-refractivity contribution < 1.29 is 19.4 Å². The third-order valence-corrected chi connectivity index (χ3v) is 2.87. The van der Waals surface area contributed by atoms with E-state index in [9.17, 15) is 9.90 Å². The van der Waals surface area contributed by atoms with Crippen molar-refractivity contribution in [3.63, 3.8) is 0 Å². The zero-order valence-corrected chi connectivity index (χ0v) is 9.85. The van der Waals surface area contributed by atoms with Gasteiger partial charge in [0.1, 0.15) is 11.9 Å². The summed E-state index contributed by atoms with van der Waals surface area (Å²) in [4.78, 5) is 11.1.